The van der Waals surface area contributed by atoms with Gasteiger partial charge in [0.15, 0.2) is 24.8 Å². The van der Waals surface area contributed by atoms with Gasteiger partial charge in [0.2, 0.25) is 0 Å². The van der Waals surface area contributed by atoms with E-state index in [1.54, 1.807) is 0 Å². The molecule has 156 valence electrons. The predicted molar refractivity (Wildman–Crippen MR) is 105 cm³/mol. The minimum absolute atomic E-state index is 0.0952. The Morgan fingerprint density at radius 2 is 1.38 bits per heavy atom. The number of hydrogen-bond acceptors (Lipinski definition) is 8. The van der Waals surface area contributed by atoms with Crippen molar-refractivity contribution in [3.8, 4) is 0 Å². The second-order valence-electron chi connectivity index (χ2n) is 5.59. The average Bonchev–Trinajstić information content (AvgIpc) is 2.66. The van der Waals surface area contributed by atoms with Crippen molar-refractivity contribution in [1.29, 1.82) is 0 Å². The van der Waals surface area contributed by atoms with Crippen molar-refractivity contribution < 1.29 is 35.9 Å². The smallest absolute Gasteiger partial charge is 0.340 e. The molecule has 2 aromatic carbocycles. The zero-order valence-electron chi connectivity index (χ0n) is 15.0. The molecule has 0 fully saturated rings. The maximum atomic E-state index is 12.7. The number of carbonyl (C=O) groups excluding carboxylic acids is 2. The van der Waals surface area contributed by atoms with Crippen LogP contribution in [-0.2, 0) is 29.1 Å². The summed E-state index contributed by atoms with van der Waals surface area (Å²) in [6, 6.07) is 6.65. The van der Waals surface area contributed by atoms with Crippen molar-refractivity contribution in [3.63, 3.8) is 0 Å². The summed E-state index contributed by atoms with van der Waals surface area (Å²) in [6.07, 6.45) is 0. The van der Waals surface area contributed by atoms with Gasteiger partial charge in [-0.2, -0.15) is 0 Å². The van der Waals surface area contributed by atoms with E-state index in [2.05, 4.69) is 9.47 Å². The van der Waals surface area contributed by atoms with Gasteiger partial charge in [-0.1, -0.05) is 23.2 Å². The average molecular weight is 481 g/mol. The van der Waals surface area contributed by atoms with Gasteiger partial charge in [0, 0.05) is 0 Å². The third-order valence-electron chi connectivity index (χ3n) is 3.73. The van der Waals surface area contributed by atoms with Gasteiger partial charge in [-0.25, -0.2) is 26.4 Å². The van der Waals surface area contributed by atoms with Crippen molar-refractivity contribution in [2.75, 3.05) is 19.3 Å². The molecule has 2 rings (SSSR count). The van der Waals surface area contributed by atoms with Gasteiger partial charge in [-0.05, 0) is 36.4 Å². The molecular formula is C17H14Cl2O8S2. The normalized spacial score (nSPS) is 11.7. The fourth-order valence-corrected chi connectivity index (χ4v) is 7.08. The molecule has 0 atom stereocenters. The highest BCUT2D eigenvalue weighted by atomic mass is 35.5. The van der Waals surface area contributed by atoms with E-state index in [-0.39, 0.29) is 15.5 Å². The maximum Gasteiger partial charge on any atom is 0.340 e. The lowest BCUT2D eigenvalue weighted by Gasteiger charge is -2.11. The first-order valence-corrected chi connectivity index (χ1v) is 11.7. The first kappa shape index (κ1) is 23.1. The third-order valence-corrected chi connectivity index (χ3v) is 9.03. The van der Waals surface area contributed by atoms with Crippen LogP contribution in [0.1, 0.15) is 20.7 Å². The number of ether oxygens (including phenoxy) is 2. The van der Waals surface area contributed by atoms with E-state index in [1.807, 2.05) is 0 Å². The largest absolute Gasteiger partial charge is 0.465 e. The van der Waals surface area contributed by atoms with E-state index >= 15 is 0 Å². The molecule has 0 aliphatic heterocycles. The number of methoxy groups -OCH3 is 2. The summed E-state index contributed by atoms with van der Waals surface area (Å²) >= 11 is 11.9. The summed E-state index contributed by atoms with van der Waals surface area (Å²) in [5.74, 6) is -1.65. The van der Waals surface area contributed by atoms with Crippen LogP contribution in [0.2, 0.25) is 10.0 Å². The summed E-state index contributed by atoms with van der Waals surface area (Å²) < 4.78 is 59.6. The van der Waals surface area contributed by atoms with E-state index in [0.29, 0.717) is 0 Å². The molecule has 0 heterocycles. The summed E-state index contributed by atoms with van der Waals surface area (Å²) in [4.78, 5) is 22.3. The van der Waals surface area contributed by atoms with E-state index in [9.17, 15) is 26.4 Å². The third kappa shape index (κ3) is 4.89. The topological polar surface area (TPSA) is 121 Å². The van der Waals surface area contributed by atoms with Crippen LogP contribution in [0, 0.1) is 0 Å². The number of esters is 2. The highest BCUT2D eigenvalue weighted by molar-refractivity contribution is 8.08. The van der Waals surface area contributed by atoms with Crippen molar-refractivity contribution in [1.82, 2.24) is 0 Å². The van der Waals surface area contributed by atoms with Crippen LogP contribution in [0.4, 0.5) is 0 Å². The van der Waals surface area contributed by atoms with Crippen LogP contribution in [0.15, 0.2) is 46.2 Å². The number of benzene rings is 2. The zero-order chi connectivity index (χ0) is 22.0. The van der Waals surface area contributed by atoms with E-state index in [0.717, 1.165) is 38.5 Å². The lowest BCUT2D eigenvalue weighted by atomic mass is 10.2. The highest BCUT2D eigenvalue weighted by Crippen LogP contribution is 2.33. The maximum absolute atomic E-state index is 12.7. The standard InChI is InChI=1S/C17H14Cl2O8S2/c1-26-16(20)10-3-5-11(6-4-10)28(22,23)9-29(24,25)13-8-7-12(18)14(15(13)19)17(21)27-2/h3-8H,9H2,1-2H3. The van der Waals surface area contributed by atoms with E-state index in [4.69, 9.17) is 23.2 Å². The Morgan fingerprint density at radius 1 is 0.828 bits per heavy atom. The minimum atomic E-state index is -4.49. The lowest BCUT2D eigenvalue weighted by Crippen LogP contribution is -2.18. The molecule has 0 spiro atoms. The fraction of sp³-hybridized carbons (Fsp3) is 0.176. The summed E-state index contributed by atoms with van der Waals surface area (Å²) in [6.45, 7) is 0. The van der Waals surface area contributed by atoms with Crippen LogP contribution >= 0.6 is 23.2 Å². The molecule has 0 amide bonds. The number of carbonyl (C=O) groups is 2. The van der Waals surface area contributed by atoms with Gasteiger partial charge in [0.1, 0.15) is 0 Å². The molecule has 0 N–H and O–H groups in total. The van der Waals surface area contributed by atoms with Crippen LogP contribution in [0.25, 0.3) is 0 Å². The van der Waals surface area contributed by atoms with Crippen LogP contribution < -0.4 is 0 Å². The van der Waals surface area contributed by atoms with Crippen molar-refractivity contribution in [2.45, 2.75) is 9.79 Å². The molecule has 12 heteroatoms. The molecule has 0 aromatic heterocycles. The molecule has 0 unspecified atom stereocenters. The lowest BCUT2D eigenvalue weighted by molar-refractivity contribution is 0.0592. The summed E-state index contributed by atoms with van der Waals surface area (Å²) in [5.41, 5.74) is -0.297. The Morgan fingerprint density at radius 3 is 1.90 bits per heavy atom. The van der Waals surface area contributed by atoms with Gasteiger partial charge in [0.25, 0.3) is 0 Å². The molecule has 0 bridgehead atoms. The molecule has 0 saturated heterocycles. The van der Waals surface area contributed by atoms with Gasteiger partial charge < -0.3 is 9.47 Å². The van der Waals surface area contributed by atoms with Crippen LogP contribution in [0.5, 0.6) is 0 Å². The number of halogens is 2. The molecule has 8 nitrogen and oxygen atoms in total. The van der Waals surface area contributed by atoms with Crippen molar-refractivity contribution in [2.24, 2.45) is 0 Å². The predicted octanol–water partition coefficient (Wildman–Crippen LogP) is 2.77. The second kappa shape index (κ2) is 8.70. The zero-order valence-corrected chi connectivity index (χ0v) is 18.2. The fourth-order valence-electron chi connectivity index (χ4n) is 2.31. The van der Waals surface area contributed by atoms with Gasteiger partial charge in [0.05, 0.1) is 45.2 Å². The molecule has 2 aromatic rings. The SMILES string of the molecule is COC(=O)c1ccc(S(=O)(=O)CS(=O)(=O)c2ccc(Cl)c(C(=O)OC)c2Cl)cc1. The van der Waals surface area contributed by atoms with Crippen molar-refractivity contribution in [3.05, 3.63) is 57.6 Å². The summed E-state index contributed by atoms with van der Waals surface area (Å²) in [5, 5.41) is -2.01. The molecular weight excluding hydrogens is 467 g/mol. The van der Waals surface area contributed by atoms with E-state index < -0.39 is 52.2 Å². The molecule has 0 aliphatic carbocycles. The Hall–Kier alpha value is -2.14. The van der Waals surface area contributed by atoms with Crippen LogP contribution in [0.3, 0.4) is 0 Å². The Labute approximate surface area is 177 Å². The first-order valence-electron chi connectivity index (χ1n) is 7.65. The number of rotatable bonds is 6. The Kier molecular flexibility index (Phi) is 6.94. The quantitative estimate of drug-likeness (QED) is 0.578. The first-order chi connectivity index (χ1) is 13.4. The van der Waals surface area contributed by atoms with E-state index in [1.165, 1.54) is 12.1 Å². The molecule has 0 saturated carbocycles. The monoisotopic (exact) mass is 480 g/mol. The molecule has 0 radical (unpaired) electrons. The van der Waals surface area contributed by atoms with Crippen molar-refractivity contribution >= 4 is 54.8 Å². The number of sulfone groups is 2. The minimum Gasteiger partial charge on any atom is -0.465 e. The van der Waals surface area contributed by atoms with Gasteiger partial charge in [-0.3, -0.25) is 0 Å². The second-order valence-corrected chi connectivity index (χ2v) is 10.7. The van der Waals surface area contributed by atoms with Gasteiger partial charge in [-0.15, -0.1) is 0 Å². The molecule has 29 heavy (non-hydrogen) atoms. The Bertz CT molecular complexity index is 1170. The summed E-state index contributed by atoms with van der Waals surface area (Å²) in [7, 11) is -6.60. The van der Waals surface area contributed by atoms with Crippen LogP contribution in [-0.4, -0.2) is 48.1 Å². The highest BCUT2D eigenvalue weighted by Gasteiger charge is 2.31. The number of hydrogen-bond donors (Lipinski definition) is 0. The molecule has 0 aliphatic rings. The Balaban J connectivity index is 2.45. The van der Waals surface area contributed by atoms with Gasteiger partial charge >= 0.3 is 11.9 Å².